The van der Waals surface area contributed by atoms with Crippen LogP contribution in [0.25, 0.3) is 10.8 Å². The fourth-order valence-corrected chi connectivity index (χ4v) is 3.47. The second kappa shape index (κ2) is 5.59. The summed E-state index contributed by atoms with van der Waals surface area (Å²) in [5, 5.41) is 1.11. The van der Waals surface area contributed by atoms with E-state index >= 15 is 0 Å². The number of amides is 2. The quantitative estimate of drug-likeness (QED) is 0.368. The average Bonchev–Trinajstić information content (AvgIpc) is 2.46. The van der Waals surface area contributed by atoms with Gasteiger partial charge >= 0.3 is 7.60 Å². The Balaban J connectivity index is 2.05. The molecule has 6 N–H and O–H groups in total. The molecule has 0 aliphatic carbocycles. The summed E-state index contributed by atoms with van der Waals surface area (Å²) in [5.41, 5.74) is 13.0. The Bertz CT molecular complexity index is 864. The number of hydrogen-bond acceptors (Lipinski definition) is 5. The Morgan fingerprint density at radius 3 is 1.92 bits per heavy atom. The second-order valence-electron chi connectivity index (χ2n) is 5.74. The van der Waals surface area contributed by atoms with E-state index < -0.39 is 25.6 Å². The number of imide groups is 1. The minimum atomic E-state index is -4.19. The van der Waals surface area contributed by atoms with Gasteiger partial charge in [-0.3, -0.25) is 19.1 Å². The van der Waals surface area contributed by atoms with E-state index in [1.54, 1.807) is 12.1 Å². The van der Waals surface area contributed by atoms with Gasteiger partial charge in [-0.05, 0) is 36.1 Å². The Morgan fingerprint density at radius 1 is 0.958 bits per heavy atom. The first kappa shape index (κ1) is 16.4. The highest BCUT2D eigenvalue weighted by molar-refractivity contribution is 7.51. The molecule has 8 nitrogen and oxygen atoms in total. The van der Waals surface area contributed by atoms with Crippen LogP contribution < -0.4 is 11.5 Å². The molecule has 0 saturated carbocycles. The van der Waals surface area contributed by atoms with Crippen LogP contribution in [0.15, 0.2) is 24.3 Å². The maximum atomic E-state index is 12.6. The minimum absolute atomic E-state index is 0.00483. The highest BCUT2D eigenvalue weighted by atomic mass is 31.2. The summed E-state index contributed by atoms with van der Waals surface area (Å²) in [4.78, 5) is 44.1. The Morgan fingerprint density at radius 2 is 1.46 bits per heavy atom. The summed E-state index contributed by atoms with van der Waals surface area (Å²) in [6.07, 6.45) is -0.398. The van der Waals surface area contributed by atoms with Crippen molar-refractivity contribution in [2.75, 3.05) is 24.2 Å². The van der Waals surface area contributed by atoms with Crippen LogP contribution in [0, 0.1) is 0 Å². The van der Waals surface area contributed by atoms with Gasteiger partial charge in [0.05, 0.1) is 17.3 Å². The molecule has 9 heteroatoms. The van der Waals surface area contributed by atoms with E-state index in [-0.39, 0.29) is 24.1 Å². The first-order chi connectivity index (χ1) is 11.2. The molecule has 0 radical (unpaired) electrons. The molecule has 2 aromatic rings. The lowest BCUT2D eigenvalue weighted by atomic mass is 9.92. The zero-order valence-electron chi connectivity index (χ0n) is 12.6. The Hall–Kier alpha value is -2.41. The number of anilines is 2. The van der Waals surface area contributed by atoms with E-state index in [4.69, 9.17) is 21.3 Å². The van der Waals surface area contributed by atoms with Crippen LogP contribution >= 0.6 is 7.60 Å². The van der Waals surface area contributed by atoms with Gasteiger partial charge in [0.25, 0.3) is 11.8 Å². The van der Waals surface area contributed by atoms with E-state index in [1.165, 1.54) is 12.1 Å². The van der Waals surface area contributed by atoms with E-state index in [1.807, 2.05) is 0 Å². The average molecular weight is 349 g/mol. The fraction of sp³-hybridized carbons (Fsp3) is 0.200. The lowest BCUT2D eigenvalue weighted by Crippen LogP contribution is -2.41. The number of benzene rings is 2. The SMILES string of the molecule is Nc1cc2c3c(cc(N)cc3c1)C(=O)N(CCCP(=O)(O)O)C2=O. The highest BCUT2D eigenvalue weighted by Gasteiger charge is 2.33. The van der Waals surface area contributed by atoms with Crippen molar-refractivity contribution in [3.05, 3.63) is 35.4 Å². The van der Waals surface area contributed by atoms with Crippen LogP contribution in [0.2, 0.25) is 0 Å². The predicted molar refractivity (Wildman–Crippen MR) is 89.7 cm³/mol. The summed E-state index contributed by atoms with van der Waals surface area (Å²) < 4.78 is 11.0. The van der Waals surface area contributed by atoms with Gasteiger partial charge in [-0.1, -0.05) is 0 Å². The molecule has 2 amide bonds. The second-order valence-corrected chi connectivity index (χ2v) is 7.52. The molecular weight excluding hydrogens is 333 g/mol. The molecule has 0 spiro atoms. The number of nitrogens with zero attached hydrogens (tertiary/aromatic N) is 1. The van der Waals surface area contributed by atoms with Gasteiger partial charge in [0, 0.05) is 23.3 Å². The molecule has 0 unspecified atom stereocenters. The first-order valence-electron chi connectivity index (χ1n) is 7.21. The zero-order chi connectivity index (χ0) is 17.6. The zero-order valence-corrected chi connectivity index (χ0v) is 13.5. The van der Waals surface area contributed by atoms with E-state index in [2.05, 4.69) is 0 Å². The van der Waals surface area contributed by atoms with Crippen molar-refractivity contribution in [3.63, 3.8) is 0 Å². The number of rotatable bonds is 4. The maximum Gasteiger partial charge on any atom is 0.325 e. The van der Waals surface area contributed by atoms with Crippen molar-refractivity contribution < 1.29 is 23.9 Å². The molecule has 3 rings (SSSR count). The van der Waals surface area contributed by atoms with Gasteiger partial charge in [-0.25, -0.2) is 0 Å². The molecule has 2 aromatic carbocycles. The normalized spacial score (nSPS) is 14.5. The highest BCUT2D eigenvalue weighted by Crippen LogP contribution is 2.36. The van der Waals surface area contributed by atoms with E-state index in [9.17, 15) is 14.2 Å². The van der Waals surface area contributed by atoms with Crippen molar-refractivity contribution in [3.8, 4) is 0 Å². The smallest absolute Gasteiger partial charge is 0.325 e. The fourth-order valence-electron chi connectivity index (χ4n) is 2.92. The Labute approximate surface area is 137 Å². The van der Waals surface area contributed by atoms with Gasteiger partial charge in [0.15, 0.2) is 0 Å². The molecule has 0 saturated heterocycles. The first-order valence-corrected chi connectivity index (χ1v) is 9.00. The monoisotopic (exact) mass is 349 g/mol. The van der Waals surface area contributed by atoms with Crippen molar-refractivity contribution >= 4 is 41.6 Å². The largest absolute Gasteiger partial charge is 0.399 e. The number of carbonyl (C=O) groups is 2. The van der Waals surface area contributed by atoms with Gasteiger partial charge in [-0.2, -0.15) is 0 Å². The van der Waals surface area contributed by atoms with Crippen molar-refractivity contribution in [2.45, 2.75) is 6.42 Å². The van der Waals surface area contributed by atoms with Crippen LogP contribution in [0.1, 0.15) is 27.1 Å². The summed E-state index contributed by atoms with van der Waals surface area (Å²) in [6, 6.07) is 6.27. The summed E-state index contributed by atoms with van der Waals surface area (Å²) in [5.74, 6) is -1.06. The molecule has 0 fully saturated rings. The topological polar surface area (TPSA) is 147 Å². The minimum Gasteiger partial charge on any atom is -0.399 e. The van der Waals surface area contributed by atoms with E-state index in [0.717, 1.165) is 4.90 Å². The lowest BCUT2D eigenvalue weighted by Gasteiger charge is -2.27. The number of carbonyl (C=O) groups excluding carboxylic acids is 2. The number of nitrogens with two attached hydrogens (primary N) is 2. The summed E-state index contributed by atoms with van der Waals surface area (Å²) in [6.45, 7) is -0.0900. The number of nitrogen functional groups attached to an aromatic ring is 2. The standard InChI is InChI=1S/C15H16N3O5P/c16-9-4-8-5-10(17)7-12-13(8)11(6-9)14(19)18(15(12)20)2-1-3-24(21,22)23/h4-7H,1-3,16-17H2,(H2,21,22,23). The number of hydrogen-bond donors (Lipinski definition) is 4. The van der Waals surface area contributed by atoms with Crippen LogP contribution in [0.4, 0.5) is 11.4 Å². The van der Waals surface area contributed by atoms with Crippen LogP contribution in [0.3, 0.4) is 0 Å². The van der Waals surface area contributed by atoms with Gasteiger partial charge in [-0.15, -0.1) is 0 Å². The molecule has 0 bridgehead atoms. The molecule has 1 aliphatic rings. The third kappa shape index (κ3) is 2.87. The van der Waals surface area contributed by atoms with E-state index in [0.29, 0.717) is 22.1 Å². The summed E-state index contributed by atoms with van der Waals surface area (Å²) >= 11 is 0. The molecule has 1 aliphatic heterocycles. The van der Waals surface area contributed by atoms with Crippen molar-refractivity contribution in [2.24, 2.45) is 0 Å². The molecule has 24 heavy (non-hydrogen) atoms. The molecule has 0 atom stereocenters. The Kier molecular flexibility index (Phi) is 3.83. The van der Waals surface area contributed by atoms with Gasteiger partial charge in [0.1, 0.15) is 0 Å². The molecule has 1 heterocycles. The maximum absolute atomic E-state index is 12.6. The third-order valence-corrected chi connectivity index (χ3v) is 4.77. The third-order valence-electron chi connectivity index (χ3n) is 3.88. The molecule has 0 aromatic heterocycles. The van der Waals surface area contributed by atoms with Gasteiger partial charge in [0.2, 0.25) is 0 Å². The molecular formula is C15H16N3O5P. The molecule has 126 valence electrons. The van der Waals surface area contributed by atoms with Crippen molar-refractivity contribution in [1.29, 1.82) is 0 Å². The van der Waals surface area contributed by atoms with Crippen LogP contribution in [-0.2, 0) is 4.57 Å². The van der Waals surface area contributed by atoms with Gasteiger partial charge < -0.3 is 21.3 Å². The summed E-state index contributed by atoms with van der Waals surface area (Å²) in [7, 11) is -4.19. The van der Waals surface area contributed by atoms with Crippen LogP contribution in [0.5, 0.6) is 0 Å². The predicted octanol–water partition coefficient (Wildman–Crippen LogP) is 1.17. The van der Waals surface area contributed by atoms with Crippen molar-refractivity contribution in [1.82, 2.24) is 4.90 Å². The lowest BCUT2D eigenvalue weighted by molar-refractivity contribution is 0.0610. The van der Waals surface area contributed by atoms with Crippen LogP contribution in [-0.4, -0.2) is 39.2 Å².